The molecule has 0 unspecified atom stereocenters. The van der Waals surface area contributed by atoms with Crippen LogP contribution in [-0.2, 0) is 28.7 Å². The van der Waals surface area contributed by atoms with Gasteiger partial charge in [-0.05, 0) is 130 Å². The van der Waals surface area contributed by atoms with E-state index in [9.17, 15) is 19.2 Å². The smallest absolute Gasteiger partial charge is 0.306 e. The highest BCUT2D eigenvalue weighted by Crippen LogP contribution is 2.62. The van der Waals surface area contributed by atoms with E-state index < -0.39 is 11.9 Å². The summed E-state index contributed by atoms with van der Waals surface area (Å²) in [4.78, 5) is 49.0. The predicted octanol–water partition coefficient (Wildman–Crippen LogP) is 5.53. The van der Waals surface area contributed by atoms with Crippen molar-refractivity contribution in [3.05, 3.63) is 0 Å². The first-order valence-corrected chi connectivity index (χ1v) is 16.4. The van der Waals surface area contributed by atoms with Crippen LogP contribution in [0.4, 0.5) is 0 Å². The zero-order valence-corrected chi connectivity index (χ0v) is 24.3. The molecule has 0 radical (unpaired) electrons. The summed E-state index contributed by atoms with van der Waals surface area (Å²) in [5.41, 5.74) is 0.678. The predicted molar refractivity (Wildman–Crippen MR) is 149 cm³/mol. The van der Waals surface area contributed by atoms with Crippen LogP contribution in [0.3, 0.4) is 0 Å². The second kappa shape index (κ2) is 11.8. The number of ketones is 1. The average Bonchev–Trinajstić information content (AvgIpc) is 2.89. The molecule has 0 aliphatic heterocycles. The molecule has 8 fully saturated rings. The topological polar surface area (TPSA) is 98.8 Å². The molecule has 0 aromatic carbocycles. The molecule has 40 heavy (non-hydrogen) atoms. The number of esters is 2. The molecule has 0 atom stereocenters. The molecule has 0 aromatic heterocycles. The van der Waals surface area contributed by atoms with Crippen LogP contribution in [0.15, 0.2) is 0 Å². The number of ether oxygens (including phenoxy) is 2. The molecule has 7 heteroatoms. The van der Waals surface area contributed by atoms with Crippen LogP contribution in [-0.4, -0.2) is 43.4 Å². The van der Waals surface area contributed by atoms with Crippen molar-refractivity contribution in [1.82, 2.24) is 5.32 Å². The van der Waals surface area contributed by atoms with E-state index in [1.807, 2.05) is 0 Å². The van der Waals surface area contributed by atoms with Gasteiger partial charge in [0.2, 0.25) is 5.91 Å². The van der Waals surface area contributed by atoms with Crippen LogP contribution in [0.2, 0.25) is 0 Å². The zero-order valence-electron chi connectivity index (χ0n) is 24.3. The molecule has 8 rings (SSSR count). The van der Waals surface area contributed by atoms with Crippen molar-refractivity contribution in [2.75, 3.05) is 19.8 Å². The van der Waals surface area contributed by atoms with Gasteiger partial charge in [-0.15, -0.1) is 0 Å². The lowest BCUT2D eigenvalue weighted by Gasteiger charge is -2.57. The fraction of sp³-hybridized carbons (Fsp3) is 0.879. The van der Waals surface area contributed by atoms with E-state index in [2.05, 4.69) is 5.32 Å². The number of amides is 1. The highest BCUT2D eigenvalue weighted by atomic mass is 16.6. The molecule has 1 N–H and O–H groups in total. The Kier molecular flexibility index (Phi) is 8.29. The largest absolute Gasteiger partial charge is 0.462 e. The van der Waals surface area contributed by atoms with Crippen molar-refractivity contribution >= 4 is 23.6 Å². The maximum Gasteiger partial charge on any atom is 0.306 e. The molecule has 0 saturated heterocycles. The molecule has 8 saturated carbocycles. The minimum absolute atomic E-state index is 0.0236. The minimum Gasteiger partial charge on any atom is -0.462 e. The summed E-state index contributed by atoms with van der Waals surface area (Å²) in [6, 6.07) is 0. The summed E-state index contributed by atoms with van der Waals surface area (Å²) in [6.07, 6.45) is 18.0. The molecule has 1 amide bonds. The monoisotopic (exact) mass is 555 g/mol. The van der Waals surface area contributed by atoms with E-state index in [0.29, 0.717) is 11.8 Å². The average molecular weight is 556 g/mol. The standard InChI is InChI=1S/C33H49NO6/c35-28(5-6-32-15-22-9-23(16-32)11-24(10-22)17-32)1-3-30(37)39-7-8-40-31(38)4-2-29(36)34-21-33-18-25-12-26(19-33)14-27(13-25)20-33/h22-27H,1-21H2,(H,34,36). The molecule has 0 aromatic rings. The van der Waals surface area contributed by atoms with Crippen molar-refractivity contribution in [2.24, 2.45) is 46.3 Å². The molecule has 0 spiro atoms. The number of hydrogen-bond donors (Lipinski definition) is 1. The summed E-state index contributed by atoms with van der Waals surface area (Å²) < 4.78 is 10.3. The third-order valence-corrected chi connectivity index (χ3v) is 11.7. The Bertz CT molecular complexity index is 839. The van der Waals surface area contributed by atoms with Crippen molar-refractivity contribution < 1.29 is 28.7 Å². The van der Waals surface area contributed by atoms with Gasteiger partial charge in [0.25, 0.3) is 0 Å². The first-order chi connectivity index (χ1) is 19.3. The van der Waals surface area contributed by atoms with Gasteiger partial charge >= 0.3 is 11.9 Å². The van der Waals surface area contributed by atoms with Gasteiger partial charge in [0.05, 0.1) is 12.8 Å². The highest BCUT2D eigenvalue weighted by molar-refractivity contribution is 5.83. The van der Waals surface area contributed by atoms with Crippen molar-refractivity contribution in [2.45, 2.75) is 116 Å². The number of rotatable bonds is 14. The third kappa shape index (κ3) is 6.75. The molecule has 7 nitrogen and oxygen atoms in total. The first kappa shape index (κ1) is 28.2. The molecule has 8 aliphatic carbocycles. The molecule has 8 bridgehead atoms. The van der Waals surface area contributed by atoms with Crippen molar-refractivity contribution in [1.29, 1.82) is 0 Å². The van der Waals surface area contributed by atoms with Gasteiger partial charge in [0.1, 0.15) is 19.0 Å². The Labute approximate surface area is 239 Å². The number of Topliss-reactive ketones (excluding diaryl/α,β-unsaturated/α-hetero) is 1. The number of nitrogens with one attached hydrogen (secondary N) is 1. The summed E-state index contributed by atoms with van der Waals surface area (Å²) in [7, 11) is 0. The summed E-state index contributed by atoms with van der Waals surface area (Å²) >= 11 is 0. The van der Waals surface area contributed by atoms with Gasteiger partial charge in [-0.3, -0.25) is 19.2 Å². The Morgan fingerprint density at radius 3 is 1.45 bits per heavy atom. The second-order valence-electron chi connectivity index (χ2n) is 15.1. The molecular weight excluding hydrogens is 506 g/mol. The first-order valence-electron chi connectivity index (χ1n) is 16.4. The lowest BCUT2D eigenvalue weighted by molar-refractivity contribution is -0.153. The number of hydrogen-bond acceptors (Lipinski definition) is 6. The summed E-state index contributed by atoms with van der Waals surface area (Å²) in [5, 5.41) is 3.10. The van der Waals surface area contributed by atoms with Crippen LogP contribution in [0.1, 0.15) is 116 Å². The third-order valence-electron chi connectivity index (χ3n) is 11.7. The van der Waals surface area contributed by atoms with Gasteiger partial charge in [-0.1, -0.05) is 0 Å². The van der Waals surface area contributed by atoms with Gasteiger partial charge in [-0.25, -0.2) is 0 Å². The molecule has 222 valence electrons. The van der Waals surface area contributed by atoms with Gasteiger partial charge in [0, 0.05) is 25.8 Å². The zero-order chi connectivity index (χ0) is 27.7. The fourth-order valence-corrected chi connectivity index (χ4v) is 10.9. The Hall–Kier alpha value is -1.92. The van der Waals surface area contributed by atoms with Gasteiger partial charge in [-0.2, -0.15) is 0 Å². The SMILES string of the molecule is O=C(CCC(=O)OCCOC(=O)CCC(=O)NCC12CC3CC(CC(C3)C1)C2)CCC12CC3CC(CC(C3)C1)C2. The second-order valence-corrected chi connectivity index (χ2v) is 15.1. The van der Waals surface area contributed by atoms with E-state index in [1.165, 1.54) is 77.0 Å². The maximum absolute atomic E-state index is 12.5. The molecule has 8 aliphatic rings. The fourth-order valence-electron chi connectivity index (χ4n) is 10.9. The Morgan fingerprint density at radius 1 is 0.550 bits per heavy atom. The van der Waals surface area contributed by atoms with E-state index in [1.54, 1.807) is 0 Å². The highest BCUT2D eigenvalue weighted by Gasteiger charge is 2.51. The number of carbonyl (C=O) groups is 4. The van der Waals surface area contributed by atoms with E-state index >= 15 is 0 Å². The van der Waals surface area contributed by atoms with Crippen LogP contribution >= 0.6 is 0 Å². The quantitative estimate of drug-likeness (QED) is 0.223. The van der Waals surface area contributed by atoms with Gasteiger partial charge < -0.3 is 14.8 Å². The molecular formula is C33H49NO6. The van der Waals surface area contributed by atoms with Crippen LogP contribution in [0.5, 0.6) is 0 Å². The normalized spacial score (nSPS) is 38.3. The lowest BCUT2D eigenvalue weighted by Crippen LogP contribution is -2.51. The van der Waals surface area contributed by atoms with Crippen molar-refractivity contribution in [3.8, 4) is 0 Å². The van der Waals surface area contributed by atoms with Crippen LogP contribution in [0, 0.1) is 46.3 Å². The number of carbonyl (C=O) groups excluding carboxylic acids is 4. The summed E-state index contributed by atoms with van der Waals surface area (Å²) in [5.74, 6) is 4.39. The summed E-state index contributed by atoms with van der Waals surface area (Å²) in [6.45, 7) is 0.689. The Balaban J connectivity index is 0.787. The van der Waals surface area contributed by atoms with Crippen LogP contribution < -0.4 is 5.32 Å². The Morgan fingerprint density at radius 2 is 0.975 bits per heavy atom. The van der Waals surface area contributed by atoms with E-state index in [4.69, 9.17) is 9.47 Å². The maximum atomic E-state index is 12.5. The van der Waals surface area contributed by atoms with Crippen molar-refractivity contribution in [3.63, 3.8) is 0 Å². The lowest BCUT2D eigenvalue weighted by atomic mass is 9.48. The van der Waals surface area contributed by atoms with Crippen LogP contribution in [0.25, 0.3) is 0 Å². The minimum atomic E-state index is -0.458. The van der Waals surface area contributed by atoms with E-state index in [-0.39, 0.29) is 56.0 Å². The molecule has 0 heterocycles. The van der Waals surface area contributed by atoms with Gasteiger partial charge in [0.15, 0.2) is 0 Å². The van der Waals surface area contributed by atoms with E-state index in [0.717, 1.165) is 48.5 Å².